The van der Waals surface area contributed by atoms with Crippen molar-refractivity contribution in [3.8, 4) is 0 Å². The number of hydrogen-bond donors (Lipinski definition) is 1. The van der Waals surface area contributed by atoms with E-state index in [0.717, 1.165) is 22.9 Å². The van der Waals surface area contributed by atoms with E-state index in [1.807, 2.05) is 6.92 Å². The molecule has 0 spiro atoms. The highest BCUT2D eigenvalue weighted by Crippen LogP contribution is 2.35. The molecule has 1 aliphatic rings. The normalized spacial score (nSPS) is 14.1. The number of thioether (sulfide) groups is 1. The fourth-order valence-corrected chi connectivity index (χ4v) is 3.55. The Bertz CT molecular complexity index is 488. The zero-order valence-electron chi connectivity index (χ0n) is 11.6. The highest BCUT2D eigenvalue weighted by molar-refractivity contribution is 8.01. The van der Waals surface area contributed by atoms with E-state index in [-0.39, 0.29) is 11.8 Å². The van der Waals surface area contributed by atoms with Crippen LogP contribution < -0.4 is 10.2 Å². The quantitative estimate of drug-likeness (QED) is 0.471. The number of amides is 2. The molecular weight excluding hydrogens is 296 g/mol. The number of carbonyl (C=O) groups excluding carboxylic acids is 2. The largest absolute Gasteiger partial charge is 0.356 e. The number of anilines is 1. The lowest BCUT2D eigenvalue weighted by Gasteiger charge is -2.17. The number of aromatic nitrogens is 2. The maximum atomic E-state index is 11.9. The predicted molar refractivity (Wildman–Crippen MR) is 80.1 cm³/mol. The molecule has 1 aliphatic carbocycles. The van der Waals surface area contributed by atoms with Gasteiger partial charge in [0.1, 0.15) is 0 Å². The van der Waals surface area contributed by atoms with Crippen LogP contribution in [0.5, 0.6) is 0 Å². The third kappa shape index (κ3) is 4.17. The first-order valence-electron chi connectivity index (χ1n) is 6.64. The Balaban J connectivity index is 1.90. The van der Waals surface area contributed by atoms with Crippen molar-refractivity contribution in [1.29, 1.82) is 0 Å². The van der Waals surface area contributed by atoms with Gasteiger partial charge in [-0.3, -0.25) is 14.5 Å². The Labute approximate surface area is 126 Å². The molecule has 20 heavy (non-hydrogen) atoms. The molecule has 0 aliphatic heterocycles. The number of nitrogens with one attached hydrogen (secondary N) is 1. The van der Waals surface area contributed by atoms with E-state index in [9.17, 15) is 9.59 Å². The SMILES string of the molecule is CCC(=O)N(c1nnc(SCCNC(C)=O)s1)C1CC1. The monoisotopic (exact) mass is 314 g/mol. The minimum Gasteiger partial charge on any atom is -0.356 e. The Kier molecular flexibility index (Phi) is 5.36. The van der Waals surface area contributed by atoms with Gasteiger partial charge in [-0.05, 0) is 12.8 Å². The molecule has 0 unspecified atom stereocenters. The predicted octanol–water partition coefficient (Wildman–Crippen LogP) is 1.67. The van der Waals surface area contributed by atoms with Crippen molar-refractivity contribution in [2.24, 2.45) is 0 Å². The lowest BCUT2D eigenvalue weighted by Crippen LogP contribution is -2.32. The van der Waals surface area contributed by atoms with Crippen LogP contribution >= 0.6 is 23.1 Å². The van der Waals surface area contributed by atoms with Crippen LogP contribution in [-0.4, -0.2) is 40.4 Å². The standard InChI is InChI=1S/C12H18N4O2S2/c1-3-10(18)16(9-4-5-9)11-14-15-12(20-11)19-7-6-13-8(2)17/h9H,3-7H2,1-2H3,(H,13,17). The third-order valence-electron chi connectivity index (χ3n) is 2.79. The minimum atomic E-state index is -0.0306. The maximum Gasteiger partial charge on any atom is 0.228 e. The summed E-state index contributed by atoms with van der Waals surface area (Å²) < 4.78 is 0.833. The molecule has 1 N–H and O–H groups in total. The Morgan fingerprint density at radius 3 is 2.80 bits per heavy atom. The number of nitrogens with zero attached hydrogens (tertiary/aromatic N) is 3. The molecule has 2 rings (SSSR count). The fourth-order valence-electron chi connectivity index (χ4n) is 1.69. The van der Waals surface area contributed by atoms with Gasteiger partial charge in [0.15, 0.2) is 4.34 Å². The van der Waals surface area contributed by atoms with Gasteiger partial charge in [-0.15, -0.1) is 10.2 Å². The Morgan fingerprint density at radius 1 is 1.45 bits per heavy atom. The summed E-state index contributed by atoms with van der Waals surface area (Å²) in [5, 5.41) is 11.7. The average molecular weight is 314 g/mol. The van der Waals surface area contributed by atoms with Crippen LogP contribution in [0.25, 0.3) is 0 Å². The first-order chi connectivity index (χ1) is 9.61. The van der Waals surface area contributed by atoms with Gasteiger partial charge in [0.2, 0.25) is 16.9 Å². The van der Waals surface area contributed by atoms with Gasteiger partial charge in [-0.25, -0.2) is 0 Å². The third-order valence-corrected chi connectivity index (χ3v) is 4.84. The molecule has 1 fully saturated rings. The molecule has 8 heteroatoms. The molecule has 1 aromatic heterocycles. The number of carbonyl (C=O) groups is 2. The molecule has 110 valence electrons. The second kappa shape index (κ2) is 7.03. The van der Waals surface area contributed by atoms with E-state index in [1.54, 1.807) is 16.7 Å². The van der Waals surface area contributed by atoms with Crippen LogP contribution in [-0.2, 0) is 9.59 Å². The van der Waals surface area contributed by atoms with E-state index in [4.69, 9.17) is 0 Å². The summed E-state index contributed by atoms with van der Waals surface area (Å²) in [5.41, 5.74) is 0. The lowest BCUT2D eigenvalue weighted by molar-refractivity contribution is -0.119. The molecule has 0 aromatic carbocycles. The molecule has 0 bridgehead atoms. The first kappa shape index (κ1) is 15.2. The molecule has 1 saturated carbocycles. The van der Waals surface area contributed by atoms with Crippen LogP contribution in [0.15, 0.2) is 4.34 Å². The van der Waals surface area contributed by atoms with Crippen molar-refractivity contribution < 1.29 is 9.59 Å². The van der Waals surface area contributed by atoms with E-state index in [0.29, 0.717) is 24.1 Å². The first-order valence-corrected chi connectivity index (χ1v) is 8.44. The lowest BCUT2D eigenvalue weighted by atomic mass is 10.4. The van der Waals surface area contributed by atoms with Crippen molar-refractivity contribution in [2.45, 2.75) is 43.5 Å². The zero-order chi connectivity index (χ0) is 14.5. The average Bonchev–Trinajstić information content (AvgIpc) is 3.14. The van der Waals surface area contributed by atoms with Gasteiger partial charge in [0.05, 0.1) is 0 Å². The topological polar surface area (TPSA) is 75.2 Å². The van der Waals surface area contributed by atoms with Gasteiger partial charge in [0, 0.05) is 31.7 Å². The van der Waals surface area contributed by atoms with Crippen LogP contribution in [0, 0.1) is 0 Å². The van der Waals surface area contributed by atoms with E-state index in [1.165, 1.54) is 18.3 Å². The highest BCUT2D eigenvalue weighted by atomic mass is 32.2. The van der Waals surface area contributed by atoms with Gasteiger partial charge in [-0.1, -0.05) is 30.0 Å². The number of hydrogen-bond acceptors (Lipinski definition) is 6. The summed E-state index contributed by atoms with van der Waals surface area (Å²) in [7, 11) is 0. The molecule has 2 amide bonds. The maximum absolute atomic E-state index is 11.9. The van der Waals surface area contributed by atoms with Crippen molar-refractivity contribution in [3.63, 3.8) is 0 Å². The Hall–Kier alpha value is -1.15. The Morgan fingerprint density at radius 2 is 2.20 bits per heavy atom. The summed E-state index contributed by atoms with van der Waals surface area (Å²) in [6.45, 7) is 3.97. The summed E-state index contributed by atoms with van der Waals surface area (Å²) in [6.07, 6.45) is 2.59. The summed E-state index contributed by atoms with van der Waals surface area (Å²) in [5.74, 6) is 0.828. The highest BCUT2D eigenvalue weighted by Gasteiger charge is 2.35. The second-order valence-corrected chi connectivity index (χ2v) is 6.83. The van der Waals surface area contributed by atoms with E-state index < -0.39 is 0 Å². The number of rotatable bonds is 7. The second-order valence-electron chi connectivity index (χ2n) is 4.53. The van der Waals surface area contributed by atoms with Crippen molar-refractivity contribution >= 4 is 40.0 Å². The zero-order valence-corrected chi connectivity index (χ0v) is 13.2. The smallest absolute Gasteiger partial charge is 0.228 e. The molecule has 6 nitrogen and oxygen atoms in total. The van der Waals surface area contributed by atoms with E-state index >= 15 is 0 Å². The van der Waals surface area contributed by atoms with E-state index in [2.05, 4.69) is 15.5 Å². The minimum absolute atomic E-state index is 0.0306. The fraction of sp³-hybridized carbons (Fsp3) is 0.667. The van der Waals surface area contributed by atoms with Crippen LogP contribution in [0.2, 0.25) is 0 Å². The van der Waals surface area contributed by atoms with Gasteiger partial charge in [-0.2, -0.15) is 0 Å². The molecule has 0 atom stereocenters. The van der Waals surface area contributed by atoms with Crippen molar-refractivity contribution in [3.05, 3.63) is 0 Å². The molecule has 1 heterocycles. The van der Waals surface area contributed by atoms with Crippen LogP contribution in [0.4, 0.5) is 5.13 Å². The molecule has 0 saturated heterocycles. The molecule has 1 aromatic rings. The van der Waals surface area contributed by atoms with Crippen LogP contribution in [0.3, 0.4) is 0 Å². The molecular formula is C12H18N4O2S2. The van der Waals surface area contributed by atoms with Gasteiger partial charge < -0.3 is 5.32 Å². The van der Waals surface area contributed by atoms with Gasteiger partial charge >= 0.3 is 0 Å². The van der Waals surface area contributed by atoms with Crippen LogP contribution in [0.1, 0.15) is 33.1 Å². The van der Waals surface area contributed by atoms with Crippen molar-refractivity contribution in [2.75, 3.05) is 17.2 Å². The summed E-state index contributed by atoms with van der Waals surface area (Å²) in [6, 6.07) is 0.313. The summed E-state index contributed by atoms with van der Waals surface area (Å²) in [4.78, 5) is 24.5. The van der Waals surface area contributed by atoms with Crippen molar-refractivity contribution in [1.82, 2.24) is 15.5 Å². The summed E-state index contributed by atoms with van der Waals surface area (Å²) >= 11 is 2.99. The van der Waals surface area contributed by atoms with Gasteiger partial charge in [0.25, 0.3) is 0 Å². The molecule has 0 radical (unpaired) electrons.